The average molecular weight is 311 g/mol. The van der Waals surface area contributed by atoms with E-state index in [1.165, 1.54) is 5.56 Å². The smallest absolute Gasteiger partial charge is 0.0539 e. The summed E-state index contributed by atoms with van der Waals surface area (Å²) in [5.41, 5.74) is 5.20. The Morgan fingerprint density at radius 3 is 2.78 bits per heavy atom. The maximum absolute atomic E-state index is 4.33. The van der Waals surface area contributed by atoms with Gasteiger partial charge in [0.2, 0.25) is 0 Å². The second-order valence-electron chi connectivity index (χ2n) is 4.19. The van der Waals surface area contributed by atoms with Gasteiger partial charge in [-0.15, -0.1) is 12.1 Å². The number of rotatable bonds is 1. The van der Waals surface area contributed by atoms with E-state index in [0.717, 1.165) is 22.5 Å². The van der Waals surface area contributed by atoms with Crippen LogP contribution in [0.2, 0.25) is 0 Å². The third-order valence-electron chi connectivity index (χ3n) is 2.83. The van der Waals surface area contributed by atoms with Crippen LogP contribution in [0.4, 0.5) is 0 Å². The zero-order chi connectivity index (χ0) is 11.8. The minimum absolute atomic E-state index is 0. The van der Waals surface area contributed by atoms with Gasteiger partial charge in [0.25, 0.3) is 0 Å². The van der Waals surface area contributed by atoms with Crippen molar-refractivity contribution in [1.82, 2.24) is 14.6 Å². The summed E-state index contributed by atoms with van der Waals surface area (Å²) in [6.07, 6.45) is 4.84. The number of aryl methyl sites for hydroxylation is 2. The van der Waals surface area contributed by atoms with Gasteiger partial charge in [0, 0.05) is 38.9 Å². The Hall–Kier alpha value is -1.06. The van der Waals surface area contributed by atoms with Gasteiger partial charge in [-0.05, 0) is 25.6 Å². The normalized spacial score (nSPS) is 10.3. The number of imidazole rings is 1. The standard InChI is InChI=1S/C14H12N3.Y/c1-10-4-3-5-12(8-10)13-9-15-14-11(2)6-7-16-17(13)14;/h3-8H,1-2H3;/q-1;. The van der Waals surface area contributed by atoms with Crippen molar-refractivity contribution in [3.63, 3.8) is 0 Å². The minimum Gasteiger partial charge on any atom is -0.366 e. The van der Waals surface area contributed by atoms with Crippen LogP contribution in [0.3, 0.4) is 0 Å². The molecule has 0 atom stereocenters. The van der Waals surface area contributed by atoms with E-state index in [0.29, 0.717) is 0 Å². The van der Waals surface area contributed by atoms with Crippen LogP contribution in [0, 0.1) is 20.0 Å². The van der Waals surface area contributed by atoms with E-state index < -0.39 is 0 Å². The molecule has 0 aliphatic carbocycles. The Labute approximate surface area is 131 Å². The predicted molar refractivity (Wildman–Crippen MR) is 66.7 cm³/mol. The van der Waals surface area contributed by atoms with Crippen molar-refractivity contribution in [2.75, 3.05) is 0 Å². The van der Waals surface area contributed by atoms with Gasteiger partial charge in [0.15, 0.2) is 0 Å². The molecule has 4 heteroatoms. The van der Waals surface area contributed by atoms with Gasteiger partial charge in [-0.2, -0.15) is 5.10 Å². The van der Waals surface area contributed by atoms with Crippen LogP contribution in [-0.4, -0.2) is 14.6 Å². The summed E-state index contributed by atoms with van der Waals surface area (Å²) in [6, 6.07) is 10.2. The van der Waals surface area contributed by atoms with Crippen LogP contribution in [0.15, 0.2) is 36.5 Å². The van der Waals surface area contributed by atoms with Gasteiger partial charge >= 0.3 is 0 Å². The molecule has 0 aliphatic heterocycles. The largest absolute Gasteiger partial charge is 0.366 e. The summed E-state index contributed by atoms with van der Waals surface area (Å²) >= 11 is 0. The molecule has 87 valence electrons. The molecular weight excluding hydrogens is 299 g/mol. The van der Waals surface area contributed by atoms with E-state index in [2.05, 4.69) is 41.4 Å². The van der Waals surface area contributed by atoms with Crippen molar-refractivity contribution in [2.24, 2.45) is 0 Å². The van der Waals surface area contributed by atoms with Crippen molar-refractivity contribution in [1.29, 1.82) is 0 Å². The van der Waals surface area contributed by atoms with Gasteiger partial charge in [-0.1, -0.05) is 35.0 Å². The summed E-state index contributed by atoms with van der Waals surface area (Å²) in [4.78, 5) is 4.30. The quantitative estimate of drug-likeness (QED) is 0.647. The fourth-order valence-corrected chi connectivity index (χ4v) is 1.94. The first-order valence-corrected chi connectivity index (χ1v) is 5.55. The Morgan fingerprint density at radius 2 is 2.00 bits per heavy atom. The molecule has 0 amide bonds. The van der Waals surface area contributed by atoms with E-state index in [1.807, 2.05) is 23.6 Å². The van der Waals surface area contributed by atoms with Gasteiger partial charge in [0.1, 0.15) is 0 Å². The van der Waals surface area contributed by atoms with Crippen molar-refractivity contribution in [3.8, 4) is 11.3 Å². The predicted octanol–water partition coefficient (Wildman–Crippen LogP) is 2.81. The molecule has 18 heavy (non-hydrogen) atoms. The summed E-state index contributed by atoms with van der Waals surface area (Å²) in [6.45, 7) is 4.10. The molecule has 3 nitrogen and oxygen atoms in total. The van der Waals surface area contributed by atoms with E-state index >= 15 is 0 Å². The topological polar surface area (TPSA) is 30.2 Å². The van der Waals surface area contributed by atoms with Crippen LogP contribution < -0.4 is 0 Å². The fourth-order valence-electron chi connectivity index (χ4n) is 1.94. The Morgan fingerprint density at radius 1 is 1.17 bits per heavy atom. The first-order chi connectivity index (χ1) is 8.25. The third kappa shape index (κ3) is 2.25. The average Bonchev–Trinajstić information content (AvgIpc) is 2.74. The molecule has 3 aromatic rings. The van der Waals surface area contributed by atoms with E-state index in [4.69, 9.17) is 0 Å². The number of aromatic nitrogens is 3. The van der Waals surface area contributed by atoms with E-state index in [1.54, 1.807) is 6.20 Å². The van der Waals surface area contributed by atoms with Gasteiger partial charge in [0.05, 0.1) is 5.65 Å². The van der Waals surface area contributed by atoms with Crippen LogP contribution in [0.25, 0.3) is 16.9 Å². The molecule has 2 aromatic heterocycles. The third-order valence-corrected chi connectivity index (χ3v) is 2.83. The molecule has 1 aromatic carbocycles. The molecule has 1 radical (unpaired) electrons. The zero-order valence-electron chi connectivity index (χ0n) is 10.4. The van der Waals surface area contributed by atoms with E-state index in [-0.39, 0.29) is 32.7 Å². The molecule has 0 N–H and O–H groups in total. The number of fused-ring (bicyclic) bond motifs is 1. The van der Waals surface area contributed by atoms with Gasteiger partial charge < -0.3 is 4.98 Å². The first-order valence-electron chi connectivity index (χ1n) is 5.55. The zero-order valence-corrected chi connectivity index (χ0v) is 13.2. The molecule has 0 unspecified atom stereocenters. The fraction of sp³-hybridized carbons (Fsp3) is 0.143. The monoisotopic (exact) mass is 311 g/mol. The first kappa shape index (κ1) is 13.4. The van der Waals surface area contributed by atoms with Gasteiger partial charge in [-0.25, -0.2) is 0 Å². The molecule has 0 saturated carbocycles. The molecule has 0 spiro atoms. The Kier molecular flexibility index (Phi) is 3.93. The maximum atomic E-state index is 4.33. The van der Waals surface area contributed by atoms with Crippen LogP contribution in [-0.2, 0) is 32.7 Å². The molecule has 0 bridgehead atoms. The molecular formula is C14H12N3Y-. The summed E-state index contributed by atoms with van der Waals surface area (Å²) in [7, 11) is 0. The van der Waals surface area contributed by atoms with E-state index in [9.17, 15) is 0 Å². The minimum atomic E-state index is 0. The van der Waals surface area contributed by atoms with Crippen molar-refractivity contribution in [2.45, 2.75) is 13.8 Å². The molecule has 2 heterocycles. The number of benzene rings is 1. The summed E-state index contributed by atoms with van der Waals surface area (Å²) in [5, 5.41) is 4.33. The molecule has 0 saturated heterocycles. The SMILES string of the molecule is Cc1cccc(-c2[c-]nc3c(C)ccnn23)c1.[Y]. The Balaban J connectivity index is 0.00000120. The molecule has 0 aliphatic rings. The van der Waals surface area contributed by atoms with Crippen molar-refractivity contribution < 1.29 is 32.7 Å². The molecule has 0 fully saturated rings. The number of hydrogen-bond donors (Lipinski definition) is 0. The number of hydrogen-bond acceptors (Lipinski definition) is 2. The second kappa shape index (κ2) is 5.29. The van der Waals surface area contributed by atoms with Crippen LogP contribution in [0.1, 0.15) is 11.1 Å². The summed E-state index contributed by atoms with van der Waals surface area (Å²) in [5.74, 6) is 0. The summed E-state index contributed by atoms with van der Waals surface area (Å²) < 4.78 is 1.84. The van der Waals surface area contributed by atoms with Crippen molar-refractivity contribution in [3.05, 3.63) is 53.9 Å². The Bertz CT molecular complexity index is 688. The maximum Gasteiger partial charge on any atom is 0.0539 e. The van der Waals surface area contributed by atoms with Crippen LogP contribution >= 0.6 is 0 Å². The van der Waals surface area contributed by atoms with Crippen LogP contribution in [0.5, 0.6) is 0 Å². The second-order valence-corrected chi connectivity index (χ2v) is 4.19. The van der Waals surface area contributed by atoms with Crippen molar-refractivity contribution >= 4 is 5.65 Å². The molecule has 3 rings (SSSR count). The van der Waals surface area contributed by atoms with Gasteiger partial charge in [-0.3, -0.25) is 4.52 Å². The number of nitrogens with zero attached hydrogens (tertiary/aromatic N) is 3.